The second kappa shape index (κ2) is 9.18. The smallest absolute Gasteiger partial charge is 0.325 e. The third-order valence-corrected chi connectivity index (χ3v) is 5.58. The molecule has 0 saturated heterocycles. The number of hydrogen-bond acceptors (Lipinski definition) is 5. The van der Waals surface area contributed by atoms with Crippen molar-refractivity contribution in [2.24, 2.45) is 11.7 Å². The topological polar surface area (TPSA) is 116 Å². The maximum absolute atomic E-state index is 12.7. The Bertz CT molecular complexity index is 948. The molecular weight excluding hydrogens is 404 g/mol. The molecule has 0 radical (unpaired) electrons. The van der Waals surface area contributed by atoms with Crippen molar-refractivity contribution in [3.63, 3.8) is 0 Å². The van der Waals surface area contributed by atoms with Crippen LogP contribution in [0.4, 0.5) is 0 Å². The summed E-state index contributed by atoms with van der Waals surface area (Å²) < 4.78 is 32.8. The van der Waals surface area contributed by atoms with E-state index in [1.54, 1.807) is 44.2 Å². The predicted molar refractivity (Wildman–Crippen MR) is 105 cm³/mol. The Balaban J connectivity index is 2.25. The predicted octanol–water partition coefficient (Wildman–Crippen LogP) is 2.41. The third-order valence-electron chi connectivity index (χ3n) is 3.90. The van der Waals surface area contributed by atoms with Gasteiger partial charge in [0.2, 0.25) is 16.1 Å². The summed E-state index contributed by atoms with van der Waals surface area (Å²) in [5, 5.41) is 0.240. The summed E-state index contributed by atoms with van der Waals surface area (Å²) in [6.45, 7) is 3.29. The first-order valence-corrected chi connectivity index (χ1v) is 10.3. The number of carbonyl (C=O) groups excluding carboxylic acids is 2. The van der Waals surface area contributed by atoms with Crippen LogP contribution in [-0.2, 0) is 24.3 Å². The number of halogens is 1. The molecule has 0 aliphatic rings. The zero-order valence-electron chi connectivity index (χ0n) is 15.3. The Morgan fingerprint density at radius 1 is 1.07 bits per heavy atom. The van der Waals surface area contributed by atoms with Crippen LogP contribution in [0.2, 0.25) is 5.02 Å². The van der Waals surface area contributed by atoms with Gasteiger partial charge >= 0.3 is 5.97 Å². The van der Waals surface area contributed by atoms with Crippen molar-refractivity contribution in [3.05, 3.63) is 65.2 Å². The maximum Gasteiger partial charge on any atom is 0.325 e. The quantitative estimate of drug-likeness (QED) is 0.631. The van der Waals surface area contributed by atoms with E-state index < -0.39 is 40.0 Å². The summed E-state index contributed by atoms with van der Waals surface area (Å²) in [5.41, 5.74) is 5.75. The molecule has 0 aliphatic carbocycles. The molecule has 2 atom stereocenters. The van der Waals surface area contributed by atoms with E-state index in [0.717, 1.165) is 0 Å². The second-order valence-corrected chi connectivity index (χ2v) is 8.58. The summed E-state index contributed by atoms with van der Waals surface area (Å²) in [4.78, 5) is 24.3. The highest BCUT2D eigenvalue weighted by Gasteiger charge is 2.33. The Kier molecular flexibility index (Phi) is 7.17. The number of primary amides is 1. The van der Waals surface area contributed by atoms with Crippen LogP contribution >= 0.6 is 11.6 Å². The number of carbonyl (C=O) groups is 2. The molecule has 1 unspecified atom stereocenters. The molecule has 0 aromatic heterocycles. The summed E-state index contributed by atoms with van der Waals surface area (Å²) in [7, 11) is -4.04. The van der Waals surface area contributed by atoms with E-state index in [1.807, 2.05) is 0 Å². The monoisotopic (exact) mass is 424 g/mol. The molecule has 0 heterocycles. The van der Waals surface area contributed by atoms with Crippen molar-refractivity contribution in [2.45, 2.75) is 30.9 Å². The van der Waals surface area contributed by atoms with Gasteiger partial charge < -0.3 is 10.5 Å². The van der Waals surface area contributed by atoms with Gasteiger partial charge in [0.15, 0.2) is 0 Å². The number of benzene rings is 2. The molecule has 9 heteroatoms. The van der Waals surface area contributed by atoms with E-state index in [4.69, 9.17) is 22.1 Å². The summed E-state index contributed by atoms with van der Waals surface area (Å²) in [6.07, 6.45) is -1.33. The van der Waals surface area contributed by atoms with Crippen LogP contribution in [0.25, 0.3) is 0 Å². The average molecular weight is 425 g/mol. The fourth-order valence-corrected chi connectivity index (χ4v) is 4.07. The van der Waals surface area contributed by atoms with Crippen LogP contribution in [-0.4, -0.2) is 26.3 Å². The largest absolute Gasteiger partial charge is 0.446 e. The molecule has 0 bridgehead atoms. The van der Waals surface area contributed by atoms with Crippen LogP contribution in [0.5, 0.6) is 0 Å². The van der Waals surface area contributed by atoms with Crippen molar-refractivity contribution in [2.75, 3.05) is 0 Å². The number of nitrogens with two attached hydrogens (primary N) is 1. The molecule has 0 aliphatic heterocycles. The van der Waals surface area contributed by atoms with Gasteiger partial charge in [-0.3, -0.25) is 9.59 Å². The van der Waals surface area contributed by atoms with E-state index in [2.05, 4.69) is 4.72 Å². The van der Waals surface area contributed by atoms with E-state index in [9.17, 15) is 18.0 Å². The van der Waals surface area contributed by atoms with Gasteiger partial charge in [0.05, 0.1) is 4.90 Å². The zero-order chi connectivity index (χ0) is 20.9. The molecule has 0 fully saturated rings. The highest BCUT2D eigenvalue weighted by atomic mass is 35.5. The van der Waals surface area contributed by atoms with Gasteiger partial charge in [-0.1, -0.05) is 61.8 Å². The number of esters is 1. The van der Waals surface area contributed by atoms with E-state index in [1.165, 1.54) is 24.3 Å². The number of nitrogens with one attached hydrogen (secondary N) is 1. The van der Waals surface area contributed by atoms with E-state index in [0.29, 0.717) is 5.56 Å². The molecule has 2 aromatic rings. The van der Waals surface area contributed by atoms with Crippen molar-refractivity contribution in [1.82, 2.24) is 4.72 Å². The molecule has 2 aromatic carbocycles. The first-order valence-electron chi connectivity index (χ1n) is 8.44. The number of rotatable bonds is 8. The van der Waals surface area contributed by atoms with E-state index in [-0.39, 0.29) is 9.92 Å². The summed E-state index contributed by atoms with van der Waals surface area (Å²) in [5.74, 6) is -2.22. The first kappa shape index (κ1) is 21.9. The zero-order valence-corrected chi connectivity index (χ0v) is 16.9. The van der Waals surface area contributed by atoms with Gasteiger partial charge in [-0.05, 0) is 24.1 Å². The SMILES string of the molecule is CC(C)[C@H](NS(=O)(=O)c1cccc(Cl)c1)C(=O)OC(C(N)=O)c1ccccc1. The molecule has 28 heavy (non-hydrogen) atoms. The number of amides is 1. The number of ether oxygens (including phenoxy) is 1. The highest BCUT2D eigenvalue weighted by Crippen LogP contribution is 2.21. The third kappa shape index (κ3) is 5.54. The van der Waals surface area contributed by atoms with Gasteiger partial charge in [0.25, 0.3) is 5.91 Å². The average Bonchev–Trinajstić information content (AvgIpc) is 2.64. The van der Waals surface area contributed by atoms with Crippen molar-refractivity contribution in [1.29, 1.82) is 0 Å². The summed E-state index contributed by atoms with van der Waals surface area (Å²) in [6, 6.07) is 12.7. The Morgan fingerprint density at radius 2 is 1.71 bits per heavy atom. The van der Waals surface area contributed by atoms with Crippen LogP contribution in [0.15, 0.2) is 59.5 Å². The van der Waals surface area contributed by atoms with Crippen molar-refractivity contribution >= 4 is 33.5 Å². The molecule has 0 spiro atoms. The molecule has 2 rings (SSSR count). The van der Waals surface area contributed by atoms with E-state index >= 15 is 0 Å². The van der Waals surface area contributed by atoms with Gasteiger partial charge in [-0.2, -0.15) is 4.72 Å². The second-order valence-electron chi connectivity index (χ2n) is 6.43. The lowest BCUT2D eigenvalue weighted by atomic mass is 10.1. The van der Waals surface area contributed by atoms with Gasteiger partial charge in [-0.15, -0.1) is 0 Å². The Labute approximate surface area is 168 Å². The molecular formula is C19H21ClN2O5S. The van der Waals surface area contributed by atoms with Crippen LogP contribution in [0, 0.1) is 5.92 Å². The van der Waals surface area contributed by atoms with Crippen LogP contribution in [0.1, 0.15) is 25.5 Å². The van der Waals surface area contributed by atoms with Gasteiger partial charge in [0, 0.05) is 10.6 Å². The minimum absolute atomic E-state index is 0.0899. The normalized spacial score (nSPS) is 13.7. The lowest BCUT2D eigenvalue weighted by Crippen LogP contribution is -2.46. The minimum Gasteiger partial charge on any atom is -0.446 e. The van der Waals surface area contributed by atoms with Gasteiger partial charge in [0.1, 0.15) is 6.04 Å². The highest BCUT2D eigenvalue weighted by molar-refractivity contribution is 7.89. The standard InChI is InChI=1S/C19H21ClN2O5S/c1-12(2)16(22-28(25,26)15-10-6-9-14(20)11-15)19(24)27-17(18(21)23)13-7-4-3-5-8-13/h3-12,16-17,22H,1-2H3,(H2,21,23)/t16-,17?/m0/s1. The molecule has 1 amide bonds. The van der Waals surface area contributed by atoms with Crippen LogP contribution in [0.3, 0.4) is 0 Å². The fraction of sp³-hybridized carbons (Fsp3) is 0.263. The van der Waals surface area contributed by atoms with Gasteiger partial charge in [-0.25, -0.2) is 8.42 Å². The van der Waals surface area contributed by atoms with Crippen LogP contribution < -0.4 is 10.5 Å². The lowest BCUT2D eigenvalue weighted by Gasteiger charge is -2.23. The lowest BCUT2D eigenvalue weighted by molar-refractivity contribution is -0.158. The first-order chi connectivity index (χ1) is 13.1. The Hall–Kier alpha value is -2.42. The van der Waals surface area contributed by atoms with Crippen molar-refractivity contribution in [3.8, 4) is 0 Å². The van der Waals surface area contributed by atoms with Crippen molar-refractivity contribution < 1.29 is 22.7 Å². The molecule has 7 nitrogen and oxygen atoms in total. The molecule has 150 valence electrons. The number of sulfonamides is 1. The maximum atomic E-state index is 12.7. The number of hydrogen-bond donors (Lipinski definition) is 2. The minimum atomic E-state index is -4.04. The fourth-order valence-electron chi connectivity index (χ4n) is 2.43. The molecule has 3 N–H and O–H groups in total. The summed E-state index contributed by atoms with van der Waals surface area (Å²) >= 11 is 5.85. The Morgan fingerprint density at radius 3 is 2.25 bits per heavy atom. The molecule has 0 saturated carbocycles.